The van der Waals surface area contributed by atoms with Crippen molar-refractivity contribution in [2.45, 2.75) is 6.92 Å². The molecule has 3 rings (SSSR count). The number of carbonyl (C=O) groups excluding carboxylic acids is 1. The van der Waals surface area contributed by atoms with Gasteiger partial charge in [0.1, 0.15) is 5.75 Å². The fraction of sp³-hybridized carbons (Fsp3) is 0.350. The van der Waals surface area contributed by atoms with Crippen molar-refractivity contribution in [3.63, 3.8) is 0 Å². The van der Waals surface area contributed by atoms with Gasteiger partial charge in [-0.15, -0.1) is 0 Å². The quantitative estimate of drug-likeness (QED) is 0.841. The topological polar surface area (TPSA) is 46.0 Å². The predicted molar refractivity (Wildman–Crippen MR) is 106 cm³/mol. The van der Waals surface area contributed by atoms with Crippen LogP contribution in [0.2, 0.25) is 5.02 Å². The van der Waals surface area contributed by atoms with Crippen LogP contribution in [0.15, 0.2) is 42.5 Å². The van der Waals surface area contributed by atoms with Gasteiger partial charge < -0.3 is 19.9 Å². The SMILES string of the molecule is COc1ccccc1N1CC[NH+](CC(=O)Nc2cc(Cl)ccc2C)CC1. The molecule has 26 heavy (non-hydrogen) atoms. The summed E-state index contributed by atoms with van der Waals surface area (Å²) in [4.78, 5) is 16.0. The van der Waals surface area contributed by atoms with E-state index >= 15 is 0 Å². The molecule has 0 radical (unpaired) electrons. The van der Waals surface area contributed by atoms with Crippen molar-refractivity contribution in [3.05, 3.63) is 53.1 Å². The molecule has 2 aromatic carbocycles. The van der Waals surface area contributed by atoms with E-state index in [0.717, 1.165) is 48.9 Å². The van der Waals surface area contributed by atoms with Crippen LogP contribution in [0.4, 0.5) is 11.4 Å². The number of amides is 1. The number of carbonyl (C=O) groups is 1. The van der Waals surface area contributed by atoms with E-state index in [1.54, 1.807) is 13.2 Å². The second kappa shape index (κ2) is 8.43. The molecule has 0 spiro atoms. The highest BCUT2D eigenvalue weighted by Gasteiger charge is 2.24. The Morgan fingerprint density at radius 1 is 1.23 bits per heavy atom. The molecule has 138 valence electrons. The number of piperazine rings is 1. The standard InChI is InChI=1S/C20H24ClN3O2/c1-15-7-8-16(21)13-17(15)22-20(25)14-23-9-11-24(12-10-23)18-5-3-4-6-19(18)26-2/h3-8,13H,9-12,14H2,1-2H3,(H,22,25)/p+1. The summed E-state index contributed by atoms with van der Waals surface area (Å²) in [5.41, 5.74) is 2.92. The highest BCUT2D eigenvalue weighted by molar-refractivity contribution is 6.31. The van der Waals surface area contributed by atoms with Crippen molar-refractivity contribution in [1.29, 1.82) is 0 Å². The summed E-state index contributed by atoms with van der Waals surface area (Å²) in [6.07, 6.45) is 0. The van der Waals surface area contributed by atoms with Crippen LogP contribution in [0.5, 0.6) is 5.75 Å². The van der Waals surface area contributed by atoms with Crippen LogP contribution in [-0.4, -0.2) is 45.7 Å². The lowest BCUT2D eigenvalue weighted by Crippen LogP contribution is -3.15. The Bertz CT molecular complexity index is 773. The summed E-state index contributed by atoms with van der Waals surface area (Å²) in [5.74, 6) is 0.918. The fourth-order valence-corrected chi connectivity index (χ4v) is 3.45. The van der Waals surface area contributed by atoms with E-state index in [1.807, 2.05) is 37.3 Å². The number of halogens is 1. The summed E-state index contributed by atoms with van der Waals surface area (Å²) < 4.78 is 5.45. The molecule has 0 aromatic heterocycles. The minimum absolute atomic E-state index is 0.0242. The first kappa shape index (κ1) is 18.5. The summed E-state index contributed by atoms with van der Waals surface area (Å²) in [7, 11) is 1.70. The van der Waals surface area contributed by atoms with Crippen molar-refractivity contribution in [2.75, 3.05) is 50.1 Å². The zero-order valence-electron chi connectivity index (χ0n) is 15.2. The number of ether oxygens (including phenoxy) is 1. The lowest BCUT2D eigenvalue weighted by molar-refractivity contribution is -0.892. The van der Waals surface area contributed by atoms with Crippen LogP contribution in [0.1, 0.15) is 5.56 Å². The molecule has 1 amide bonds. The molecular weight excluding hydrogens is 350 g/mol. The molecule has 1 aliphatic rings. The van der Waals surface area contributed by atoms with Crippen molar-refractivity contribution >= 4 is 28.9 Å². The maximum atomic E-state index is 12.4. The second-order valence-electron chi connectivity index (χ2n) is 6.59. The van der Waals surface area contributed by atoms with E-state index in [9.17, 15) is 4.79 Å². The molecule has 1 fully saturated rings. The maximum Gasteiger partial charge on any atom is 0.279 e. The lowest BCUT2D eigenvalue weighted by atomic mass is 10.2. The highest BCUT2D eigenvalue weighted by atomic mass is 35.5. The molecule has 0 bridgehead atoms. The summed E-state index contributed by atoms with van der Waals surface area (Å²) in [5, 5.41) is 3.61. The number of methoxy groups -OCH3 is 1. The first-order chi connectivity index (χ1) is 12.6. The van der Waals surface area contributed by atoms with Crippen LogP contribution in [0.25, 0.3) is 0 Å². The summed E-state index contributed by atoms with van der Waals surface area (Å²) in [6.45, 7) is 6.06. The van der Waals surface area contributed by atoms with Crippen molar-refractivity contribution < 1.29 is 14.4 Å². The molecule has 1 heterocycles. The lowest BCUT2D eigenvalue weighted by Gasteiger charge is -2.34. The molecule has 0 saturated carbocycles. The molecule has 2 aromatic rings. The predicted octanol–water partition coefficient (Wildman–Crippen LogP) is 2.00. The second-order valence-corrected chi connectivity index (χ2v) is 7.03. The number of rotatable bonds is 5. The van der Waals surface area contributed by atoms with Crippen LogP contribution in [-0.2, 0) is 4.79 Å². The number of quaternary nitrogens is 1. The van der Waals surface area contributed by atoms with Gasteiger partial charge in [0.25, 0.3) is 5.91 Å². The molecule has 1 aliphatic heterocycles. The van der Waals surface area contributed by atoms with E-state index in [0.29, 0.717) is 11.6 Å². The van der Waals surface area contributed by atoms with Gasteiger partial charge in [0.2, 0.25) is 0 Å². The Morgan fingerprint density at radius 2 is 1.96 bits per heavy atom. The van der Waals surface area contributed by atoms with E-state index in [1.165, 1.54) is 4.90 Å². The summed E-state index contributed by atoms with van der Waals surface area (Å²) in [6, 6.07) is 13.6. The average molecular weight is 375 g/mol. The molecule has 2 N–H and O–H groups in total. The van der Waals surface area contributed by atoms with Gasteiger partial charge >= 0.3 is 0 Å². The number of nitrogens with zero attached hydrogens (tertiary/aromatic N) is 1. The Labute approximate surface area is 159 Å². The fourth-order valence-electron chi connectivity index (χ4n) is 3.28. The Balaban J connectivity index is 1.54. The number of benzene rings is 2. The molecule has 0 atom stereocenters. The monoisotopic (exact) mass is 374 g/mol. The highest BCUT2D eigenvalue weighted by Crippen LogP contribution is 2.27. The maximum absolute atomic E-state index is 12.4. The Morgan fingerprint density at radius 3 is 2.69 bits per heavy atom. The van der Waals surface area contributed by atoms with Crippen molar-refractivity contribution in [1.82, 2.24) is 0 Å². The van der Waals surface area contributed by atoms with Crippen LogP contribution in [0, 0.1) is 6.92 Å². The third-order valence-corrected chi connectivity index (χ3v) is 5.02. The zero-order valence-corrected chi connectivity index (χ0v) is 16.0. The third-order valence-electron chi connectivity index (χ3n) is 4.78. The van der Waals surface area contributed by atoms with Gasteiger partial charge in [-0.25, -0.2) is 0 Å². The van der Waals surface area contributed by atoms with Crippen molar-refractivity contribution in [2.24, 2.45) is 0 Å². The largest absolute Gasteiger partial charge is 0.495 e. The first-order valence-electron chi connectivity index (χ1n) is 8.84. The van der Waals surface area contributed by atoms with Crippen LogP contribution >= 0.6 is 11.6 Å². The zero-order chi connectivity index (χ0) is 18.5. The number of para-hydroxylation sites is 2. The summed E-state index contributed by atoms with van der Waals surface area (Å²) >= 11 is 6.02. The molecule has 6 heteroatoms. The normalized spacial score (nSPS) is 15.0. The van der Waals surface area contributed by atoms with Gasteiger partial charge in [-0.3, -0.25) is 4.79 Å². The van der Waals surface area contributed by atoms with E-state index < -0.39 is 0 Å². The number of hydrogen-bond donors (Lipinski definition) is 2. The minimum atomic E-state index is 0.0242. The average Bonchev–Trinajstić information content (AvgIpc) is 2.65. The minimum Gasteiger partial charge on any atom is -0.495 e. The van der Waals surface area contributed by atoms with Gasteiger partial charge in [-0.1, -0.05) is 29.8 Å². The van der Waals surface area contributed by atoms with Crippen LogP contribution < -0.4 is 19.9 Å². The van der Waals surface area contributed by atoms with E-state index in [2.05, 4.69) is 16.3 Å². The third kappa shape index (κ3) is 4.48. The number of nitrogens with one attached hydrogen (secondary N) is 2. The smallest absolute Gasteiger partial charge is 0.279 e. The Hall–Kier alpha value is -2.24. The number of hydrogen-bond acceptors (Lipinski definition) is 3. The molecule has 0 aliphatic carbocycles. The molecule has 0 unspecified atom stereocenters. The number of aryl methyl sites for hydroxylation is 1. The van der Waals surface area contributed by atoms with Gasteiger partial charge in [0.15, 0.2) is 6.54 Å². The van der Waals surface area contributed by atoms with Gasteiger partial charge in [-0.2, -0.15) is 0 Å². The number of anilines is 2. The molecular formula is C20H25ClN3O2+. The molecule has 1 saturated heterocycles. The van der Waals surface area contributed by atoms with Crippen LogP contribution in [0.3, 0.4) is 0 Å². The van der Waals surface area contributed by atoms with E-state index in [4.69, 9.17) is 16.3 Å². The van der Waals surface area contributed by atoms with Gasteiger partial charge in [0.05, 0.1) is 39.0 Å². The van der Waals surface area contributed by atoms with Crippen molar-refractivity contribution in [3.8, 4) is 5.75 Å². The molecule has 5 nitrogen and oxygen atoms in total. The van der Waals surface area contributed by atoms with Gasteiger partial charge in [-0.05, 0) is 36.8 Å². The van der Waals surface area contributed by atoms with E-state index in [-0.39, 0.29) is 5.91 Å². The first-order valence-corrected chi connectivity index (χ1v) is 9.22. The van der Waals surface area contributed by atoms with Gasteiger partial charge in [0, 0.05) is 10.7 Å². The Kier molecular flexibility index (Phi) is 6.01.